The second kappa shape index (κ2) is 7.98. The third-order valence-corrected chi connectivity index (χ3v) is 2.97. The van der Waals surface area contributed by atoms with Gasteiger partial charge < -0.3 is 15.8 Å². The highest BCUT2D eigenvalue weighted by molar-refractivity contribution is 5.99. The summed E-state index contributed by atoms with van der Waals surface area (Å²) in [4.78, 5) is 15.3. The van der Waals surface area contributed by atoms with Crippen LogP contribution in [-0.2, 0) is 4.79 Å². The van der Waals surface area contributed by atoms with Crippen LogP contribution in [0.4, 0.5) is 23.2 Å². The number of amides is 1. The van der Waals surface area contributed by atoms with E-state index in [2.05, 4.69) is 15.0 Å². The van der Waals surface area contributed by atoms with Crippen LogP contribution < -0.4 is 15.8 Å². The van der Waals surface area contributed by atoms with Gasteiger partial charge in [0.25, 0.3) is 0 Å². The Morgan fingerprint density at radius 1 is 1.39 bits per heavy atom. The number of ether oxygens (including phenoxy) is 1. The minimum absolute atomic E-state index is 0. The molecule has 1 aromatic rings. The van der Waals surface area contributed by atoms with E-state index in [1.807, 2.05) is 0 Å². The highest BCUT2D eigenvalue weighted by Gasteiger charge is 2.46. The molecule has 132 valence electrons. The number of nitrogens with zero attached hydrogens (tertiary/aromatic N) is 1. The van der Waals surface area contributed by atoms with Gasteiger partial charge in [-0.2, -0.15) is 8.78 Å². The zero-order chi connectivity index (χ0) is 15.7. The van der Waals surface area contributed by atoms with Gasteiger partial charge in [0.2, 0.25) is 11.8 Å². The fraction of sp³-hybridized carbons (Fsp3) is 0.500. The largest absolute Gasteiger partial charge is 0.471 e. The van der Waals surface area contributed by atoms with E-state index >= 15 is 0 Å². The van der Waals surface area contributed by atoms with Crippen molar-refractivity contribution in [2.75, 3.05) is 11.9 Å². The number of anilines is 1. The normalized spacial score (nSPS) is 15.2. The smallest absolute Gasteiger partial charge is 0.340 e. The fourth-order valence-corrected chi connectivity index (χ4v) is 1.39. The first-order valence-electron chi connectivity index (χ1n) is 6.08. The molecule has 2 rings (SSSR count). The molecule has 1 aromatic heterocycles. The number of halogens is 6. The molecule has 0 radical (unpaired) electrons. The van der Waals surface area contributed by atoms with Gasteiger partial charge in [-0.1, -0.05) is 0 Å². The van der Waals surface area contributed by atoms with Crippen molar-refractivity contribution in [1.29, 1.82) is 0 Å². The topological polar surface area (TPSA) is 77.2 Å². The lowest BCUT2D eigenvalue weighted by molar-refractivity contribution is -0.148. The van der Waals surface area contributed by atoms with Crippen molar-refractivity contribution < 1.29 is 27.1 Å². The van der Waals surface area contributed by atoms with Crippen LogP contribution in [0.15, 0.2) is 18.3 Å². The number of hydrogen-bond donors (Lipinski definition) is 2. The predicted molar refractivity (Wildman–Crippen MR) is 80.0 cm³/mol. The summed E-state index contributed by atoms with van der Waals surface area (Å²) in [6, 6.07) is 2.54. The first-order valence-corrected chi connectivity index (χ1v) is 6.08. The number of alkyl halides is 4. The molecule has 11 heteroatoms. The lowest BCUT2D eigenvalue weighted by Crippen LogP contribution is -2.37. The average molecular weight is 380 g/mol. The number of carbonyl (C=O) groups excluding carboxylic acids is 1. The van der Waals surface area contributed by atoms with Crippen LogP contribution in [0.5, 0.6) is 5.88 Å². The molecule has 1 aliphatic carbocycles. The van der Waals surface area contributed by atoms with E-state index in [1.54, 1.807) is 0 Å². The number of aromatic nitrogens is 1. The lowest BCUT2D eigenvalue weighted by Gasteiger charge is -2.15. The number of rotatable bonds is 6. The number of carbonyl (C=O) groups is 1. The molecule has 0 saturated heterocycles. The van der Waals surface area contributed by atoms with Crippen molar-refractivity contribution in [3.63, 3.8) is 0 Å². The standard InChI is InChI=1S/C12H13F4N3O2.2ClH/c13-9(14)12(15,16)6-21-8-2-1-7(5-18-8)19-10(20)11(17)3-4-11;;/h1-2,5,9H,3-4,6,17H2,(H,19,20);2*1H. The molecule has 1 aliphatic rings. The summed E-state index contributed by atoms with van der Waals surface area (Å²) < 4.78 is 53.7. The van der Waals surface area contributed by atoms with Crippen LogP contribution in [-0.4, -0.2) is 35.4 Å². The molecule has 1 amide bonds. The van der Waals surface area contributed by atoms with Gasteiger partial charge in [0.15, 0.2) is 6.61 Å². The molecule has 0 atom stereocenters. The minimum atomic E-state index is -4.24. The second-order valence-electron chi connectivity index (χ2n) is 4.85. The Labute approximate surface area is 141 Å². The molecule has 1 saturated carbocycles. The van der Waals surface area contributed by atoms with E-state index < -0.39 is 24.5 Å². The predicted octanol–water partition coefficient (Wildman–Crippen LogP) is 2.63. The van der Waals surface area contributed by atoms with Crippen molar-refractivity contribution in [3.05, 3.63) is 18.3 Å². The summed E-state index contributed by atoms with van der Waals surface area (Å²) in [5, 5.41) is 2.51. The molecule has 0 aliphatic heterocycles. The molecule has 1 fully saturated rings. The van der Waals surface area contributed by atoms with Crippen molar-refractivity contribution >= 4 is 36.4 Å². The van der Waals surface area contributed by atoms with E-state index in [4.69, 9.17) is 5.73 Å². The average Bonchev–Trinajstić information content (AvgIpc) is 3.17. The van der Waals surface area contributed by atoms with E-state index in [-0.39, 0.29) is 36.6 Å². The Hall–Kier alpha value is -1.32. The molecule has 5 nitrogen and oxygen atoms in total. The van der Waals surface area contributed by atoms with Gasteiger partial charge in [-0.3, -0.25) is 4.79 Å². The van der Waals surface area contributed by atoms with E-state index in [9.17, 15) is 22.4 Å². The van der Waals surface area contributed by atoms with Crippen LogP contribution in [0.2, 0.25) is 0 Å². The third-order valence-electron chi connectivity index (χ3n) is 2.97. The molecule has 0 aromatic carbocycles. The maximum Gasteiger partial charge on any atom is 0.340 e. The number of nitrogens with two attached hydrogens (primary N) is 1. The van der Waals surface area contributed by atoms with Crippen LogP contribution >= 0.6 is 24.8 Å². The number of pyridine rings is 1. The van der Waals surface area contributed by atoms with Gasteiger partial charge in [-0.25, -0.2) is 13.8 Å². The first-order chi connectivity index (χ1) is 9.73. The number of nitrogens with one attached hydrogen (secondary N) is 1. The van der Waals surface area contributed by atoms with E-state index in [0.29, 0.717) is 18.5 Å². The molecule has 0 bridgehead atoms. The molecular weight excluding hydrogens is 365 g/mol. The molecule has 0 spiro atoms. The molecule has 1 heterocycles. The van der Waals surface area contributed by atoms with Gasteiger partial charge >= 0.3 is 12.3 Å². The van der Waals surface area contributed by atoms with Crippen LogP contribution in [0.1, 0.15) is 12.8 Å². The zero-order valence-corrected chi connectivity index (χ0v) is 13.2. The fourth-order valence-electron chi connectivity index (χ4n) is 1.39. The van der Waals surface area contributed by atoms with Crippen LogP contribution in [0.3, 0.4) is 0 Å². The van der Waals surface area contributed by atoms with Gasteiger partial charge in [0.05, 0.1) is 17.4 Å². The van der Waals surface area contributed by atoms with E-state index in [0.717, 1.165) is 0 Å². The summed E-state index contributed by atoms with van der Waals surface area (Å²) in [6.45, 7) is -1.48. The molecule has 0 unspecified atom stereocenters. The Balaban J connectivity index is 0.00000242. The molecule has 23 heavy (non-hydrogen) atoms. The number of hydrogen-bond acceptors (Lipinski definition) is 4. The third kappa shape index (κ3) is 5.67. The maximum atomic E-state index is 12.6. The molecular formula is C12H15Cl2F4N3O2. The Kier molecular flexibility index (Phi) is 7.52. The van der Waals surface area contributed by atoms with Crippen molar-refractivity contribution in [2.24, 2.45) is 5.73 Å². The Morgan fingerprint density at radius 3 is 2.43 bits per heavy atom. The Bertz CT molecular complexity index is 528. The first kappa shape index (κ1) is 21.7. The summed E-state index contributed by atoms with van der Waals surface area (Å²) in [5.74, 6) is -4.85. The van der Waals surface area contributed by atoms with Crippen LogP contribution in [0.25, 0.3) is 0 Å². The van der Waals surface area contributed by atoms with Crippen molar-refractivity contribution in [2.45, 2.75) is 30.7 Å². The van der Waals surface area contributed by atoms with E-state index in [1.165, 1.54) is 18.3 Å². The van der Waals surface area contributed by atoms with Gasteiger partial charge in [-0.05, 0) is 18.9 Å². The van der Waals surface area contributed by atoms with Crippen LogP contribution in [0, 0.1) is 0 Å². The van der Waals surface area contributed by atoms with Crippen molar-refractivity contribution in [1.82, 2.24) is 4.98 Å². The maximum absolute atomic E-state index is 12.6. The van der Waals surface area contributed by atoms with Gasteiger partial charge in [-0.15, -0.1) is 24.8 Å². The zero-order valence-electron chi connectivity index (χ0n) is 11.6. The van der Waals surface area contributed by atoms with Crippen molar-refractivity contribution in [3.8, 4) is 5.88 Å². The quantitative estimate of drug-likeness (QED) is 0.744. The van der Waals surface area contributed by atoms with Gasteiger partial charge in [0, 0.05) is 6.07 Å². The van der Waals surface area contributed by atoms with Gasteiger partial charge in [0.1, 0.15) is 0 Å². The second-order valence-corrected chi connectivity index (χ2v) is 4.85. The SMILES string of the molecule is Cl.Cl.NC1(C(=O)Nc2ccc(OCC(F)(F)C(F)F)nc2)CC1. The summed E-state index contributed by atoms with van der Waals surface area (Å²) in [7, 11) is 0. The highest BCUT2D eigenvalue weighted by Crippen LogP contribution is 2.33. The molecule has 3 N–H and O–H groups in total. The monoisotopic (exact) mass is 379 g/mol. The lowest BCUT2D eigenvalue weighted by atomic mass is 10.2. The summed E-state index contributed by atoms with van der Waals surface area (Å²) in [5.41, 5.74) is 5.14. The highest BCUT2D eigenvalue weighted by atomic mass is 35.5. The summed E-state index contributed by atoms with van der Waals surface area (Å²) in [6.07, 6.45) is -1.46. The minimum Gasteiger partial charge on any atom is -0.471 e. The summed E-state index contributed by atoms with van der Waals surface area (Å²) >= 11 is 0. The Morgan fingerprint density at radius 2 is 2.00 bits per heavy atom.